The van der Waals surface area contributed by atoms with Gasteiger partial charge in [0.25, 0.3) is 0 Å². The van der Waals surface area contributed by atoms with Crippen molar-refractivity contribution in [2.75, 3.05) is 4.90 Å². The number of nitrogens with zero attached hydrogens (tertiary/aromatic N) is 1. The van der Waals surface area contributed by atoms with Gasteiger partial charge in [0.05, 0.1) is 5.03 Å². The quantitative estimate of drug-likeness (QED) is 0.741. The van der Waals surface area contributed by atoms with Crippen LogP contribution in [0, 0.1) is 0 Å². The zero-order chi connectivity index (χ0) is 16.9. The van der Waals surface area contributed by atoms with Crippen LogP contribution in [-0.4, -0.2) is 11.7 Å². The third-order valence-corrected chi connectivity index (χ3v) is 5.05. The molecule has 24 heavy (non-hydrogen) atoms. The number of carbonyl (C=O) groups excluding carboxylic acids is 2. The summed E-state index contributed by atoms with van der Waals surface area (Å²) in [6.07, 6.45) is 2.91. The first-order valence-corrected chi connectivity index (χ1v) is 8.94. The molecule has 0 aromatic heterocycles. The van der Waals surface area contributed by atoms with E-state index in [0.717, 1.165) is 17.7 Å². The van der Waals surface area contributed by atoms with E-state index < -0.39 is 0 Å². The van der Waals surface area contributed by atoms with Crippen molar-refractivity contribution < 1.29 is 9.59 Å². The molecule has 0 N–H and O–H groups in total. The fraction of sp³-hybridized carbons (Fsp3) is 0.200. The molecule has 0 saturated carbocycles. The molecule has 1 saturated heterocycles. The Hall–Kier alpha value is -2.33. The summed E-state index contributed by atoms with van der Waals surface area (Å²) in [7, 11) is 0. The molecule has 0 spiro atoms. The summed E-state index contributed by atoms with van der Waals surface area (Å²) in [6, 6.07) is 19.2. The topological polar surface area (TPSA) is 37.4 Å². The predicted molar refractivity (Wildman–Crippen MR) is 98.7 cm³/mol. The molecule has 122 valence electrons. The Morgan fingerprint density at radius 3 is 2.33 bits per heavy atom. The summed E-state index contributed by atoms with van der Waals surface area (Å²) < 4.78 is 0. The molecule has 3 nitrogen and oxygen atoms in total. The van der Waals surface area contributed by atoms with Crippen molar-refractivity contribution >= 4 is 29.1 Å². The van der Waals surface area contributed by atoms with E-state index in [1.165, 1.54) is 11.8 Å². The second-order valence-electron chi connectivity index (χ2n) is 5.62. The summed E-state index contributed by atoms with van der Waals surface area (Å²) in [5.41, 5.74) is 1.75. The Labute approximate surface area is 146 Å². The van der Waals surface area contributed by atoms with E-state index in [1.807, 2.05) is 67.6 Å². The normalized spacial score (nSPS) is 19.0. The van der Waals surface area contributed by atoms with Crippen LogP contribution < -0.4 is 4.90 Å². The number of para-hydroxylation sites is 1. The predicted octanol–water partition coefficient (Wildman–Crippen LogP) is 4.72. The van der Waals surface area contributed by atoms with E-state index >= 15 is 0 Å². The number of amides is 1. The van der Waals surface area contributed by atoms with Crippen molar-refractivity contribution in [3.05, 3.63) is 77.3 Å². The van der Waals surface area contributed by atoms with Crippen molar-refractivity contribution in [3.63, 3.8) is 0 Å². The molecular formula is C20H19NO2S. The lowest BCUT2D eigenvalue weighted by molar-refractivity contribution is -0.117. The molecule has 2 aromatic rings. The van der Waals surface area contributed by atoms with Gasteiger partial charge in [-0.1, -0.05) is 67.2 Å². The van der Waals surface area contributed by atoms with Gasteiger partial charge in [-0.15, -0.1) is 0 Å². The number of thioether (sulfide) groups is 1. The summed E-state index contributed by atoms with van der Waals surface area (Å²) in [5.74, 6) is 0.0513. The Kier molecular flexibility index (Phi) is 5.16. The lowest BCUT2D eigenvalue weighted by Crippen LogP contribution is -2.25. The van der Waals surface area contributed by atoms with E-state index in [4.69, 9.17) is 0 Å². The minimum atomic E-state index is -0.313. The van der Waals surface area contributed by atoms with Crippen LogP contribution in [0.4, 0.5) is 5.69 Å². The van der Waals surface area contributed by atoms with E-state index in [2.05, 4.69) is 0 Å². The van der Waals surface area contributed by atoms with Gasteiger partial charge in [0.1, 0.15) is 5.25 Å². The minimum absolute atomic E-state index is 0.00653. The average molecular weight is 337 g/mol. The highest BCUT2D eigenvalue weighted by molar-refractivity contribution is 8.04. The smallest absolute Gasteiger partial charge is 0.249 e. The summed E-state index contributed by atoms with van der Waals surface area (Å²) >= 11 is 1.45. The maximum absolute atomic E-state index is 13.0. The van der Waals surface area contributed by atoms with Gasteiger partial charge < -0.3 is 0 Å². The van der Waals surface area contributed by atoms with Crippen LogP contribution in [0.1, 0.15) is 30.6 Å². The second-order valence-corrected chi connectivity index (χ2v) is 6.74. The molecule has 0 radical (unpaired) electrons. The standard InChI is InChI=1S/C20H19NO2S/c1-2-9-17(22)14-18-21(16-12-7-4-8-13-16)20(23)19(24-18)15-10-5-3-6-11-15/h3-8,10-14,19H,2,9H2,1H3/b18-14-. The van der Waals surface area contributed by atoms with Gasteiger partial charge in [0, 0.05) is 18.2 Å². The number of hydrogen-bond donors (Lipinski definition) is 0. The zero-order valence-electron chi connectivity index (χ0n) is 13.5. The lowest BCUT2D eigenvalue weighted by Gasteiger charge is -2.17. The van der Waals surface area contributed by atoms with Crippen molar-refractivity contribution in [1.29, 1.82) is 0 Å². The van der Waals surface area contributed by atoms with Gasteiger partial charge in [-0.25, -0.2) is 0 Å². The maximum atomic E-state index is 13.0. The number of allylic oxidation sites excluding steroid dienone is 1. The average Bonchev–Trinajstić information content (AvgIpc) is 2.92. The minimum Gasteiger partial charge on any atom is -0.295 e. The Balaban J connectivity index is 1.99. The monoisotopic (exact) mass is 337 g/mol. The van der Waals surface area contributed by atoms with Gasteiger partial charge in [-0.3, -0.25) is 14.5 Å². The molecule has 3 rings (SSSR count). The van der Waals surface area contributed by atoms with Gasteiger partial charge in [-0.2, -0.15) is 0 Å². The molecule has 1 heterocycles. The molecule has 1 amide bonds. The maximum Gasteiger partial charge on any atom is 0.249 e. The molecule has 1 unspecified atom stereocenters. The molecule has 1 fully saturated rings. The van der Waals surface area contributed by atoms with Crippen LogP contribution in [-0.2, 0) is 9.59 Å². The summed E-state index contributed by atoms with van der Waals surface area (Å²) in [4.78, 5) is 26.8. The van der Waals surface area contributed by atoms with Crippen molar-refractivity contribution in [2.45, 2.75) is 25.0 Å². The van der Waals surface area contributed by atoms with Crippen LogP contribution in [0.25, 0.3) is 0 Å². The molecule has 0 aliphatic carbocycles. The van der Waals surface area contributed by atoms with Crippen molar-refractivity contribution in [2.24, 2.45) is 0 Å². The fourth-order valence-electron chi connectivity index (χ4n) is 2.67. The largest absolute Gasteiger partial charge is 0.295 e. The third-order valence-electron chi connectivity index (χ3n) is 3.80. The van der Waals surface area contributed by atoms with Crippen molar-refractivity contribution in [3.8, 4) is 0 Å². The van der Waals surface area contributed by atoms with Crippen molar-refractivity contribution in [1.82, 2.24) is 0 Å². The first kappa shape index (κ1) is 16.5. The van der Waals surface area contributed by atoms with Gasteiger partial charge >= 0.3 is 0 Å². The fourth-order valence-corrected chi connectivity index (χ4v) is 3.92. The van der Waals surface area contributed by atoms with Gasteiger partial charge in [0.2, 0.25) is 5.91 Å². The molecule has 1 aliphatic rings. The van der Waals surface area contributed by atoms with E-state index in [1.54, 1.807) is 11.0 Å². The Bertz CT molecular complexity index is 756. The van der Waals surface area contributed by atoms with Crippen LogP contribution in [0.5, 0.6) is 0 Å². The number of carbonyl (C=O) groups is 2. The molecule has 1 atom stereocenters. The summed E-state index contributed by atoms with van der Waals surface area (Å²) in [6.45, 7) is 1.98. The van der Waals surface area contributed by atoms with E-state index in [0.29, 0.717) is 11.4 Å². The SMILES string of the molecule is CCCC(=O)/C=C1\SC(c2ccccc2)C(=O)N1c1ccccc1. The van der Waals surface area contributed by atoms with E-state index in [-0.39, 0.29) is 16.9 Å². The highest BCUT2D eigenvalue weighted by Crippen LogP contribution is 2.46. The number of hydrogen-bond acceptors (Lipinski definition) is 3. The zero-order valence-corrected chi connectivity index (χ0v) is 14.3. The van der Waals surface area contributed by atoms with Crippen LogP contribution in [0.3, 0.4) is 0 Å². The van der Waals surface area contributed by atoms with Crippen LogP contribution >= 0.6 is 11.8 Å². The number of rotatable bonds is 5. The molecule has 1 aliphatic heterocycles. The third kappa shape index (κ3) is 3.44. The second kappa shape index (κ2) is 7.49. The molecular weight excluding hydrogens is 318 g/mol. The first-order chi connectivity index (χ1) is 11.7. The first-order valence-electron chi connectivity index (χ1n) is 8.06. The molecule has 2 aromatic carbocycles. The number of benzene rings is 2. The lowest BCUT2D eigenvalue weighted by atomic mass is 10.1. The van der Waals surface area contributed by atoms with Gasteiger partial charge in [-0.05, 0) is 24.1 Å². The molecule has 0 bridgehead atoms. The van der Waals surface area contributed by atoms with Crippen LogP contribution in [0.15, 0.2) is 71.8 Å². The molecule has 4 heteroatoms. The number of anilines is 1. The van der Waals surface area contributed by atoms with Crippen LogP contribution in [0.2, 0.25) is 0 Å². The summed E-state index contributed by atoms with van der Waals surface area (Å²) in [5, 5.41) is 0.394. The number of ketones is 1. The highest BCUT2D eigenvalue weighted by Gasteiger charge is 2.38. The highest BCUT2D eigenvalue weighted by atomic mass is 32.2. The van der Waals surface area contributed by atoms with E-state index in [9.17, 15) is 9.59 Å². The Morgan fingerprint density at radius 1 is 1.08 bits per heavy atom. The van der Waals surface area contributed by atoms with Gasteiger partial charge in [0.15, 0.2) is 5.78 Å². The Morgan fingerprint density at radius 2 is 1.71 bits per heavy atom.